The summed E-state index contributed by atoms with van der Waals surface area (Å²) in [4.78, 5) is 0. The van der Waals surface area contributed by atoms with Crippen LogP contribution in [0.25, 0.3) is 0 Å². The highest BCUT2D eigenvalue weighted by atomic mass is 16.5. The fourth-order valence-corrected chi connectivity index (χ4v) is 2.90. The van der Waals surface area contributed by atoms with Crippen LogP contribution in [0.4, 0.5) is 0 Å². The summed E-state index contributed by atoms with van der Waals surface area (Å²) in [5.74, 6) is 3.69. The lowest BCUT2D eigenvalue weighted by Crippen LogP contribution is -2.20. The van der Waals surface area contributed by atoms with Gasteiger partial charge in [-0.15, -0.1) is 0 Å². The molecule has 1 unspecified atom stereocenters. The molecule has 0 aromatic heterocycles. The minimum Gasteiger partial charge on any atom is -0.457 e. The molecular weight excluding hydrogens is 232 g/mol. The first-order valence-electron chi connectivity index (χ1n) is 7.04. The highest BCUT2D eigenvalue weighted by Gasteiger charge is 2.31. The summed E-state index contributed by atoms with van der Waals surface area (Å²) in [6.07, 6.45) is 0. The molecule has 1 heterocycles. The average molecular weight is 252 g/mol. The topological polar surface area (TPSA) is 9.23 Å². The molecule has 2 aromatic rings. The first kappa shape index (κ1) is 12.3. The van der Waals surface area contributed by atoms with Crippen LogP contribution in [0, 0.1) is 11.8 Å². The first-order chi connectivity index (χ1) is 9.18. The van der Waals surface area contributed by atoms with Crippen LogP contribution in [0.1, 0.15) is 37.8 Å². The molecule has 98 valence electrons. The third-order valence-corrected chi connectivity index (χ3v) is 4.31. The van der Waals surface area contributed by atoms with E-state index in [1.165, 1.54) is 11.1 Å². The van der Waals surface area contributed by atoms with Crippen LogP contribution in [0.3, 0.4) is 0 Å². The standard InChI is InChI=1S/C18H20O/c1-12(2)13(3)18-14-8-4-6-10-16(14)19-17-11-7-5-9-15(17)18/h4-13,18H,1-3H3. The van der Waals surface area contributed by atoms with Gasteiger partial charge in [-0.3, -0.25) is 0 Å². The van der Waals surface area contributed by atoms with E-state index in [2.05, 4.69) is 57.2 Å². The van der Waals surface area contributed by atoms with Crippen LogP contribution in [0.5, 0.6) is 11.5 Å². The van der Waals surface area contributed by atoms with Crippen molar-refractivity contribution in [3.05, 3.63) is 59.7 Å². The number of para-hydroxylation sites is 2. The molecule has 2 aromatic carbocycles. The van der Waals surface area contributed by atoms with Crippen LogP contribution < -0.4 is 4.74 Å². The van der Waals surface area contributed by atoms with Gasteiger partial charge >= 0.3 is 0 Å². The Morgan fingerprint density at radius 1 is 0.789 bits per heavy atom. The van der Waals surface area contributed by atoms with E-state index in [9.17, 15) is 0 Å². The van der Waals surface area contributed by atoms with Crippen molar-refractivity contribution in [3.8, 4) is 11.5 Å². The highest BCUT2D eigenvalue weighted by Crippen LogP contribution is 2.48. The molecule has 0 saturated heterocycles. The summed E-state index contributed by atoms with van der Waals surface area (Å²) < 4.78 is 6.04. The number of fused-ring (bicyclic) bond motifs is 2. The van der Waals surface area contributed by atoms with Gasteiger partial charge in [0.05, 0.1) is 0 Å². The molecule has 1 heteroatoms. The van der Waals surface area contributed by atoms with Crippen LogP contribution in [0.15, 0.2) is 48.5 Å². The Balaban J connectivity index is 2.16. The van der Waals surface area contributed by atoms with Crippen LogP contribution in [-0.4, -0.2) is 0 Å². The molecule has 0 fully saturated rings. The lowest BCUT2D eigenvalue weighted by molar-refractivity contribution is 0.346. The quantitative estimate of drug-likeness (QED) is 0.712. The Kier molecular flexibility index (Phi) is 3.06. The van der Waals surface area contributed by atoms with Gasteiger partial charge in [-0.05, 0) is 24.0 Å². The van der Waals surface area contributed by atoms with Crippen molar-refractivity contribution in [3.63, 3.8) is 0 Å². The van der Waals surface area contributed by atoms with Crippen molar-refractivity contribution in [2.45, 2.75) is 26.7 Å². The van der Waals surface area contributed by atoms with Crippen LogP contribution in [-0.2, 0) is 0 Å². The van der Waals surface area contributed by atoms with Gasteiger partial charge in [-0.25, -0.2) is 0 Å². The number of hydrogen-bond donors (Lipinski definition) is 0. The summed E-state index contributed by atoms with van der Waals surface area (Å²) >= 11 is 0. The zero-order valence-corrected chi connectivity index (χ0v) is 11.8. The lowest BCUT2D eigenvalue weighted by Gasteiger charge is -2.34. The zero-order chi connectivity index (χ0) is 13.4. The molecule has 0 N–H and O–H groups in total. The maximum absolute atomic E-state index is 6.04. The predicted octanol–water partition coefficient (Wildman–Crippen LogP) is 5.22. The fourth-order valence-electron chi connectivity index (χ4n) is 2.90. The fraction of sp³-hybridized carbons (Fsp3) is 0.333. The second-order valence-corrected chi connectivity index (χ2v) is 5.76. The van der Waals surface area contributed by atoms with E-state index in [0.717, 1.165) is 11.5 Å². The van der Waals surface area contributed by atoms with Crippen molar-refractivity contribution in [2.75, 3.05) is 0 Å². The van der Waals surface area contributed by atoms with E-state index in [0.29, 0.717) is 17.8 Å². The van der Waals surface area contributed by atoms with Gasteiger partial charge in [0.1, 0.15) is 11.5 Å². The maximum Gasteiger partial charge on any atom is 0.131 e. The summed E-state index contributed by atoms with van der Waals surface area (Å²) in [5.41, 5.74) is 2.64. The molecule has 0 spiro atoms. The van der Waals surface area contributed by atoms with E-state index in [-0.39, 0.29) is 0 Å². The molecule has 1 aliphatic rings. The molecule has 1 atom stereocenters. The molecule has 1 nitrogen and oxygen atoms in total. The van der Waals surface area contributed by atoms with Crippen molar-refractivity contribution in [1.82, 2.24) is 0 Å². The van der Waals surface area contributed by atoms with Crippen molar-refractivity contribution < 1.29 is 4.74 Å². The second kappa shape index (κ2) is 4.73. The van der Waals surface area contributed by atoms with Crippen LogP contribution in [0.2, 0.25) is 0 Å². The molecule has 3 rings (SSSR count). The third-order valence-electron chi connectivity index (χ3n) is 4.31. The Morgan fingerprint density at radius 2 is 1.26 bits per heavy atom. The Morgan fingerprint density at radius 3 is 1.74 bits per heavy atom. The van der Waals surface area contributed by atoms with E-state index in [1.807, 2.05) is 12.1 Å². The number of benzene rings is 2. The molecule has 0 amide bonds. The first-order valence-corrected chi connectivity index (χ1v) is 7.04. The van der Waals surface area contributed by atoms with Crippen molar-refractivity contribution in [2.24, 2.45) is 11.8 Å². The van der Waals surface area contributed by atoms with Gasteiger partial charge < -0.3 is 4.74 Å². The Labute approximate surface area is 115 Å². The Bertz CT molecular complexity index is 540. The summed E-state index contributed by atoms with van der Waals surface area (Å²) in [6.45, 7) is 6.94. The number of hydrogen-bond acceptors (Lipinski definition) is 1. The van der Waals surface area contributed by atoms with Gasteiger partial charge in [0.2, 0.25) is 0 Å². The summed E-state index contributed by atoms with van der Waals surface area (Å²) in [5, 5.41) is 0. The molecular formula is C18H20O. The molecule has 19 heavy (non-hydrogen) atoms. The van der Waals surface area contributed by atoms with Crippen molar-refractivity contribution >= 4 is 0 Å². The monoisotopic (exact) mass is 252 g/mol. The van der Waals surface area contributed by atoms with E-state index >= 15 is 0 Å². The minimum atomic E-state index is 0.432. The zero-order valence-electron chi connectivity index (χ0n) is 11.8. The van der Waals surface area contributed by atoms with Crippen LogP contribution >= 0.6 is 0 Å². The lowest BCUT2D eigenvalue weighted by atomic mass is 9.75. The predicted molar refractivity (Wildman–Crippen MR) is 78.8 cm³/mol. The molecule has 1 aliphatic heterocycles. The largest absolute Gasteiger partial charge is 0.457 e. The highest BCUT2D eigenvalue weighted by molar-refractivity contribution is 5.53. The van der Waals surface area contributed by atoms with E-state index < -0.39 is 0 Å². The van der Waals surface area contributed by atoms with Gasteiger partial charge in [-0.1, -0.05) is 57.2 Å². The average Bonchev–Trinajstić information content (AvgIpc) is 2.43. The molecule has 0 radical (unpaired) electrons. The van der Waals surface area contributed by atoms with E-state index in [1.54, 1.807) is 0 Å². The van der Waals surface area contributed by atoms with Crippen molar-refractivity contribution in [1.29, 1.82) is 0 Å². The van der Waals surface area contributed by atoms with Gasteiger partial charge in [0.15, 0.2) is 0 Å². The molecule has 0 bridgehead atoms. The Hall–Kier alpha value is -1.76. The minimum absolute atomic E-state index is 0.432. The van der Waals surface area contributed by atoms with Gasteiger partial charge in [0.25, 0.3) is 0 Å². The number of ether oxygens (including phenoxy) is 1. The normalized spacial score (nSPS) is 15.6. The smallest absolute Gasteiger partial charge is 0.131 e. The van der Waals surface area contributed by atoms with Gasteiger partial charge in [-0.2, -0.15) is 0 Å². The SMILES string of the molecule is CC(C)C(C)C1c2ccccc2Oc2ccccc21. The molecule has 0 saturated carbocycles. The summed E-state index contributed by atoms with van der Waals surface area (Å²) in [6, 6.07) is 16.9. The summed E-state index contributed by atoms with van der Waals surface area (Å²) in [7, 11) is 0. The maximum atomic E-state index is 6.04. The second-order valence-electron chi connectivity index (χ2n) is 5.76. The molecule has 0 aliphatic carbocycles. The number of rotatable bonds is 2. The third kappa shape index (κ3) is 2.03. The van der Waals surface area contributed by atoms with Gasteiger partial charge in [0, 0.05) is 17.0 Å². The van der Waals surface area contributed by atoms with E-state index in [4.69, 9.17) is 4.74 Å².